The minimum absolute atomic E-state index is 0.0666. The number of benzene rings is 3. The highest BCUT2D eigenvalue weighted by Gasteiger charge is 2.26. The minimum Gasteiger partial charge on any atom is -0.496 e. The molecule has 2 amide bonds. The first-order chi connectivity index (χ1) is 17.5. The zero-order chi connectivity index (χ0) is 25.5. The summed E-state index contributed by atoms with van der Waals surface area (Å²) in [7, 11) is 1.59. The maximum atomic E-state index is 13.9. The van der Waals surface area contributed by atoms with Crippen molar-refractivity contribution in [2.45, 2.75) is 20.3 Å². The zero-order valence-electron chi connectivity index (χ0n) is 20.8. The second kappa shape index (κ2) is 11.4. The predicted octanol–water partition coefficient (Wildman–Crippen LogP) is 5.35. The molecule has 0 aliphatic heterocycles. The Balaban J connectivity index is 1.70. The smallest absolute Gasteiger partial charge is 0.258 e. The van der Waals surface area contributed by atoms with Gasteiger partial charge in [-0.1, -0.05) is 55.5 Å². The van der Waals surface area contributed by atoms with Crippen LogP contribution >= 0.6 is 0 Å². The highest BCUT2D eigenvalue weighted by Crippen LogP contribution is 2.32. The van der Waals surface area contributed by atoms with E-state index in [0.717, 1.165) is 16.9 Å². The summed E-state index contributed by atoms with van der Waals surface area (Å²) in [5.74, 6) is 0.101. The fourth-order valence-corrected chi connectivity index (χ4v) is 4.05. The normalized spacial score (nSPS) is 10.6. The van der Waals surface area contributed by atoms with Gasteiger partial charge in [0.2, 0.25) is 5.91 Å². The Hall–Kier alpha value is -4.39. The predicted molar refractivity (Wildman–Crippen MR) is 142 cm³/mol. The maximum Gasteiger partial charge on any atom is 0.258 e. The first kappa shape index (κ1) is 24.7. The van der Waals surface area contributed by atoms with E-state index in [1.165, 1.54) is 0 Å². The Bertz CT molecular complexity index is 1350. The van der Waals surface area contributed by atoms with Gasteiger partial charge in [-0.05, 0) is 49.2 Å². The number of para-hydroxylation sites is 3. The molecule has 0 spiro atoms. The number of ether oxygens (including phenoxy) is 1. The van der Waals surface area contributed by atoms with Crippen LogP contribution in [-0.4, -0.2) is 46.7 Å². The van der Waals surface area contributed by atoms with Crippen molar-refractivity contribution in [2.24, 2.45) is 0 Å². The van der Waals surface area contributed by atoms with Crippen LogP contribution in [0.2, 0.25) is 0 Å². The standard InChI is InChI=1S/C29H30N4O3/c1-4-18-32(20-27(34)30-25-16-10-8-12-21(25)2)29(35)24-19-33(22-13-6-5-7-14-22)31-28(24)23-15-9-11-17-26(23)36-3/h5-17,19H,4,18,20H2,1-3H3,(H,30,34). The lowest BCUT2D eigenvalue weighted by atomic mass is 10.1. The second-order valence-corrected chi connectivity index (χ2v) is 8.46. The van der Waals surface area contributed by atoms with Gasteiger partial charge in [0, 0.05) is 24.0 Å². The van der Waals surface area contributed by atoms with E-state index in [1.807, 2.05) is 92.7 Å². The quantitative estimate of drug-likeness (QED) is 0.349. The first-order valence-electron chi connectivity index (χ1n) is 11.9. The Labute approximate surface area is 211 Å². The fraction of sp³-hybridized carbons (Fsp3) is 0.207. The third-order valence-electron chi connectivity index (χ3n) is 5.86. The molecule has 7 heteroatoms. The van der Waals surface area contributed by atoms with Gasteiger partial charge in [0.05, 0.1) is 18.4 Å². The number of aromatic nitrogens is 2. The number of carbonyl (C=O) groups excluding carboxylic acids is 2. The summed E-state index contributed by atoms with van der Waals surface area (Å²) in [5.41, 5.74) is 4.13. The Morgan fingerprint density at radius 2 is 1.67 bits per heavy atom. The molecule has 0 radical (unpaired) electrons. The van der Waals surface area contributed by atoms with Gasteiger partial charge in [-0.25, -0.2) is 4.68 Å². The first-order valence-corrected chi connectivity index (χ1v) is 11.9. The minimum atomic E-state index is -0.264. The summed E-state index contributed by atoms with van der Waals surface area (Å²) in [6.07, 6.45) is 2.43. The van der Waals surface area contributed by atoms with Gasteiger partial charge in [0.1, 0.15) is 18.0 Å². The van der Waals surface area contributed by atoms with E-state index in [1.54, 1.807) is 22.9 Å². The van der Waals surface area contributed by atoms with Gasteiger partial charge in [-0.2, -0.15) is 5.10 Å². The van der Waals surface area contributed by atoms with Crippen molar-refractivity contribution in [3.8, 4) is 22.7 Å². The van der Waals surface area contributed by atoms with Crippen LogP contribution in [0.5, 0.6) is 5.75 Å². The van der Waals surface area contributed by atoms with E-state index in [9.17, 15) is 9.59 Å². The van der Waals surface area contributed by atoms with Gasteiger partial charge >= 0.3 is 0 Å². The number of nitrogens with one attached hydrogen (secondary N) is 1. The van der Waals surface area contributed by atoms with E-state index in [2.05, 4.69) is 5.32 Å². The average molecular weight is 483 g/mol. The lowest BCUT2D eigenvalue weighted by molar-refractivity contribution is -0.116. The van der Waals surface area contributed by atoms with Crippen LogP contribution in [0.4, 0.5) is 5.69 Å². The van der Waals surface area contributed by atoms with E-state index >= 15 is 0 Å². The molecule has 0 saturated heterocycles. The maximum absolute atomic E-state index is 13.9. The van der Waals surface area contributed by atoms with Crippen molar-refractivity contribution in [1.82, 2.24) is 14.7 Å². The van der Waals surface area contributed by atoms with Crippen molar-refractivity contribution in [2.75, 3.05) is 25.5 Å². The molecule has 1 N–H and O–H groups in total. The van der Waals surface area contributed by atoms with E-state index in [-0.39, 0.29) is 18.4 Å². The Morgan fingerprint density at radius 3 is 2.39 bits per heavy atom. The van der Waals surface area contributed by atoms with Gasteiger partial charge in [-0.3, -0.25) is 9.59 Å². The highest BCUT2D eigenvalue weighted by molar-refractivity contribution is 6.03. The lowest BCUT2D eigenvalue weighted by Gasteiger charge is -2.22. The molecule has 0 atom stereocenters. The molecular weight excluding hydrogens is 452 g/mol. The molecule has 1 heterocycles. The van der Waals surface area contributed by atoms with Crippen molar-refractivity contribution in [1.29, 1.82) is 0 Å². The topological polar surface area (TPSA) is 76.5 Å². The van der Waals surface area contributed by atoms with E-state index in [0.29, 0.717) is 35.5 Å². The molecule has 4 aromatic rings. The monoisotopic (exact) mass is 482 g/mol. The molecule has 4 rings (SSSR count). The molecule has 0 unspecified atom stereocenters. The van der Waals surface area contributed by atoms with Crippen LogP contribution < -0.4 is 10.1 Å². The van der Waals surface area contributed by atoms with Crippen molar-refractivity contribution >= 4 is 17.5 Å². The molecular formula is C29H30N4O3. The molecule has 0 fully saturated rings. The average Bonchev–Trinajstić information content (AvgIpc) is 3.35. The van der Waals surface area contributed by atoms with Crippen LogP contribution in [-0.2, 0) is 4.79 Å². The number of carbonyl (C=O) groups is 2. The number of hydrogen-bond acceptors (Lipinski definition) is 4. The SMILES string of the molecule is CCCN(CC(=O)Nc1ccccc1C)C(=O)c1cn(-c2ccccc2)nc1-c1ccccc1OC. The van der Waals surface area contributed by atoms with Crippen molar-refractivity contribution in [3.63, 3.8) is 0 Å². The molecule has 3 aromatic carbocycles. The third-order valence-corrected chi connectivity index (χ3v) is 5.86. The molecule has 184 valence electrons. The van der Waals surface area contributed by atoms with Crippen LogP contribution in [0.15, 0.2) is 85.1 Å². The number of nitrogens with zero attached hydrogens (tertiary/aromatic N) is 3. The number of amides is 2. The number of methoxy groups -OCH3 is 1. The van der Waals surface area contributed by atoms with Crippen molar-refractivity contribution < 1.29 is 14.3 Å². The molecule has 1 aromatic heterocycles. The third kappa shape index (κ3) is 5.46. The zero-order valence-corrected chi connectivity index (χ0v) is 20.8. The molecule has 36 heavy (non-hydrogen) atoms. The largest absolute Gasteiger partial charge is 0.496 e. The summed E-state index contributed by atoms with van der Waals surface area (Å²) in [4.78, 5) is 28.4. The second-order valence-electron chi connectivity index (χ2n) is 8.46. The Kier molecular flexibility index (Phi) is 7.80. The Morgan fingerprint density at radius 1 is 0.972 bits per heavy atom. The van der Waals surface area contributed by atoms with Crippen LogP contribution in [0.25, 0.3) is 16.9 Å². The van der Waals surface area contributed by atoms with E-state index < -0.39 is 0 Å². The fourth-order valence-electron chi connectivity index (χ4n) is 4.05. The van der Waals surface area contributed by atoms with Gasteiger partial charge in [0.15, 0.2) is 0 Å². The molecule has 0 saturated carbocycles. The van der Waals surface area contributed by atoms with Gasteiger partial charge in [0.25, 0.3) is 5.91 Å². The summed E-state index contributed by atoms with van der Waals surface area (Å²) in [6.45, 7) is 4.28. The van der Waals surface area contributed by atoms with Gasteiger partial charge < -0.3 is 15.0 Å². The highest BCUT2D eigenvalue weighted by atomic mass is 16.5. The van der Waals surface area contributed by atoms with Crippen LogP contribution in [0, 0.1) is 6.92 Å². The molecule has 0 aliphatic carbocycles. The number of aryl methyl sites for hydroxylation is 1. The molecule has 0 aliphatic rings. The van der Waals surface area contributed by atoms with E-state index in [4.69, 9.17) is 9.84 Å². The van der Waals surface area contributed by atoms with Crippen LogP contribution in [0.1, 0.15) is 29.3 Å². The summed E-state index contributed by atoms with van der Waals surface area (Å²) in [5, 5.41) is 7.70. The summed E-state index contributed by atoms with van der Waals surface area (Å²) >= 11 is 0. The molecule has 0 bridgehead atoms. The molecule has 7 nitrogen and oxygen atoms in total. The lowest BCUT2D eigenvalue weighted by Crippen LogP contribution is -2.38. The van der Waals surface area contributed by atoms with Gasteiger partial charge in [-0.15, -0.1) is 0 Å². The summed E-state index contributed by atoms with van der Waals surface area (Å²) < 4.78 is 7.25. The number of anilines is 1. The number of hydrogen-bond donors (Lipinski definition) is 1. The van der Waals surface area contributed by atoms with Crippen LogP contribution in [0.3, 0.4) is 0 Å². The van der Waals surface area contributed by atoms with Crippen molar-refractivity contribution in [3.05, 3.63) is 96.2 Å². The number of rotatable bonds is 9. The summed E-state index contributed by atoms with van der Waals surface area (Å²) in [6, 6.07) is 24.6.